The van der Waals surface area contributed by atoms with Gasteiger partial charge in [0.2, 0.25) is 0 Å². The number of hydrogen-bond acceptors (Lipinski definition) is 4. The third kappa shape index (κ3) is 4.20. The minimum absolute atomic E-state index is 0.241. The lowest BCUT2D eigenvalue weighted by molar-refractivity contribution is 0.122. The van der Waals surface area contributed by atoms with Crippen LogP contribution in [0, 0.1) is 0 Å². The molecule has 0 amide bonds. The van der Waals surface area contributed by atoms with Crippen LogP contribution < -0.4 is 16.0 Å². The minimum atomic E-state index is 0.241. The molecule has 0 aliphatic carbocycles. The van der Waals surface area contributed by atoms with Gasteiger partial charge in [0.05, 0.1) is 13.2 Å². The van der Waals surface area contributed by atoms with Gasteiger partial charge in [-0.05, 0) is 31.0 Å². The summed E-state index contributed by atoms with van der Waals surface area (Å²) >= 11 is 0. The van der Waals surface area contributed by atoms with Crippen molar-refractivity contribution in [1.82, 2.24) is 5.32 Å². The highest BCUT2D eigenvalue weighted by atomic mass is 16.5. The van der Waals surface area contributed by atoms with Gasteiger partial charge in [0.15, 0.2) is 0 Å². The van der Waals surface area contributed by atoms with Crippen LogP contribution in [0.3, 0.4) is 0 Å². The van der Waals surface area contributed by atoms with Crippen molar-refractivity contribution in [3.63, 3.8) is 0 Å². The van der Waals surface area contributed by atoms with E-state index in [1.165, 1.54) is 11.3 Å². The van der Waals surface area contributed by atoms with E-state index in [-0.39, 0.29) is 6.04 Å². The third-order valence-corrected chi connectivity index (χ3v) is 3.98. The highest BCUT2D eigenvalue weighted by Gasteiger charge is 2.12. The zero-order chi connectivity index (χ0) is 14.4. The van der Waals surface area contributed by atoms with Crippen LogP contribution in [0.4, 0.5) is 5.69 Å². The normalized spacial score (nSPS) is 18.9. The summed E-state index contributed by atoms with van der Waals surface area (Å²) in [6, 6.07) is 9.41. The minimum Gasteiger partial charge on any atom is -0.378 e. The van der Waals surface area contributed by atoms with E-state index in [2.05, 4.69) is 48.3 Å². The zero-order valence-corrected chi connectivity index (χ0v) is 12.6. The fraction of sp³-hybridized carbons (Fsp3) is 0.625. The van der Waals surface area contributed by atoms with Crippen molar-refractivity contribution in [2.24, 2.45) is 5.73 Å². The molecule has 1 fully saturated rings. The van der Waals surface area contributed by atoms with Gasteiger partial charge in [-0.2, -0.15) is 0 Å². The van der Waals surface area contributed by atoms with Gasteiger partial charge in [0.1, 0.15) is 0 Å². The Morgan fingerprint density at radius 3 is 2.50 bits per heavy atom. The molecule has 4 nitrogen and oxygen atoms in total. The van der Waals surface area contributed by atoms with Crippen molar-refractivity contribution >= 4 is 5.69 Å². The van der Waals surface area contributed by atoms with Gasteiger partial charge in [0, 0.05) is 37.4 Å². The van der Waals surface area contributed by atoms with Crippen LogP contribution in [-0.4, -0.2) is 38.9 Å². The van der Waals surface area contributed by atoms with E-state index in [4.69, 9.17) is 10.5 Å². The number of nitrogens with zero attached hydrogens (tertiary/aromatic N) is 1. The van der Waals surface area contributed by atoms with E-state index in [0.29, 0.717) is 6.04 Å². The first kappa shape index (κ1) is 15.3. The molecule has 2 atom stereocenters. The highest BCUT2D eigenvalue weighted by molar-refractivity contribution is 5.48. The second kappa shape index (κ2) is 7.62. The monoisotopic (exact) mass is 277 g/mol. The maximum Gasteiger partial charge on any atom is 0.0642 e. The molecule has 20 heavy (non-hydrogen) atoms. The van der Waals surface area contributed by atoms with Gasteiger partial charge in [-0.1, -0.05) is 19.1 Å². The van der Waals surface area contributed by atoms with Crippen molar-refractivity contribution in [1.29, 1.82) is 0 Å². The molecule has 1 aromatic carbocycles. The van der Waals surface area contributed by atoms with E-state index >= 15 is 0 Å². The molecule has 1 aliphatic heterocycles. The summed E-state index contributed by atoms with van der Waals surface area (Å²) in [6.45, 7) is 8.80. The van der Waals surface area contributed by atoms with Crippen molar-refractivity contribution in [2.75, 3.05) is 37.7 Å². The molecule has 3 N–H and O–H groups in total. The summed E-state index contributed by atoms with van der Waals surface area (Å²) in [5.74, 6) is 0. The number of anilines is 1. The Bertz CT molecular complexity index is 387. The average molecular weight is 277 g/mol. The predicted octanol–water partition coefficient (Wildman–Crippen LogP) is 1.91. The predicted molar refractivity (Wildman–Crippen MR) is 84.2 cm³/mol. The van der Waals surface area contributed by atoms with Gasteiger partial charge >= 0.3 is 0 Å². The Labute approximate surface area is 122 Å². The Morgan fingerprint density at radius 1 is 1.25 bits per heavy atom. The maximum atomic E-state index is 5.94. The molecule has 2 unspecified atom stereocenters. The summed E-state index contributed by atoms with van der Waals surface area (Å²) < 4.78 is 5.38. The Morgan fingerprint density at radius 2 is 1.90 bits per heavy atom. The maximum absolute atomic E-state index is 5.94. The van der Waals surface area contributed by atoms with Gasteiger partial charge < -0.3 is 20.7 Å². The standard InChI is InChI=1S/C16H27N3O/c1-3-15(17)12-18-13(2)14-4-6-16(7-5-14)19-8-10-20-11-9-19/h4-7,13,15,18H,3,8-12,17H2,1-2H3. The van der Waals surface area contributed by atoms with Gasteiger partial charge in [-0.15, -0.1) is 0 Å². The quantitative estimate of drug-likeness (QED) is 0.834. The largest absolute Gasteiger partial charge is 0.378 e. The van der Waals surface area contributed by atoms with Crippen LogP contribution in [0.2, 0.25) is 0 Å². The SMILES string of the molecule is CCC(N)CNC(C)c1ccc(N2CCOCC2)cc1. The van der Waals surface area contributed by atoms with Crippen LogP contribution in [0.5, 0.6) is 0 Å². The smallest absolute Gasteiger partial charge is 0.0642 e. The van der Waals surface area contributed by atoms with Crippen LogP contribution in [0.15, 0.2) is 24.3 Å². The van der Waals surface area contributed by atoms with Crippen LogP contribution >= 0.6 is 0 Å². The lowest BCUT2D eigenvalue weighted by Gasteiger charge is -2.29. The molecule has 0 saturated carbocycles. The first-order valence-corrected chi connectivity index (χ1v) is 7.62. The van der Waals surface area contributed by atoms with Crippen molar-refractivity contribution in [3.8, 4) is 0 Å². The summed E-state index contributed by atoms with van der Waals surface area (Å²) in [4.78, 5) is 2.37. The molecular weight excluding hydrogens is 250 g/mol. The van der Waals surface area contributed by atoms with E-state index in [0.717, 1.165) is 39.3 Å². The number of rotatable bonds is 6. The summed E-state index contributed by atoms with van der Waals surface area (Å²) in [5, 5.41) is 3.49. The van der Waals surface area contributed by atoms with E-state index < -0.39 is 0 Å². The fourth-order valence-electron chi connectivity index (χ4n) is 2.39. The van der Waals surface area contributed by atoms with E-state index in [1.54, 1.807) is 0 Å². The van der Waals surface area contributed by atoms with Crippen molar-refractivity contribution in [2.45, 2.75) is 32.4 Å². The lowest BCUT2D eigenvalue weighted by atomic mass is 10.1. The molecule has 0 spiro atoms. The molecule has 1 saturated heterocycles. The Hall–Kier alpha value is -1.10. The molecule has 0 aromatic heterocycles. The number of morpholine rings is 1. The molecule has 1 heterocycles. The van der Waals surface area contributed by atoms with Gasteiger partial charge in [-0.25, -0.2) is 0 Å². The highest BCUT2D eigenvalue weighted by Crippen LogP contribution is 2.20. The Kier molecular flexibility index (Phi) is 5.83. The Balaban J connectivity index is 1.89. The average Bonchev–Trinajstić information content (AvgIpc) is 2.53. The van der Waals surface area contributed by atoms with Crippen LogP contribution in [-0.2, 0) is 4.74 Å². The van der Waals surface area contributed by atoms with Crippen molar-refractivity contribution < 1.29 is 4.74 Å². The number of hydrogen-bond donors (Lipinski definition) is 2. The van der Waals surface area contributed by atoms with Crippen LogP contribution in [0.1, 0.15) is 31.9 Å². The van der Waals surface area contributed by atoms with Crippen molar-refractivity contribution in [3.05, 3.63) is 29.8 Å². The molecule has 4 heteroatoms. The summed E-state index contributed by atoms with van der Waals surface area (Å²) in [5.41, 5.74) is 8.54. The molecule has 112 valence electrons. The number of ether oxygens (including phenoxy) is 1. The van der Waals surface area contributed by atoms with Gasteiger partial charge in [0.25, 0.3) is 0 Å². The first-order chi connectivity index (χ1) is 9.70. The second-order valence-electron chi connectivity index (χ2n) is 5.49. The molecule has 0 radical (unpaired) electrons. The third-order valence-electron chi connectivity index (χ3n) is 3.98. The topological polar surface area (TPSA) is 50.5 Å². The molecule has 1 aromatic rings. The van der Waals surface area contributed by atoms with Crippen LogP contribution in [0.25, 0.3) is 0 Å². The summed E-state index contributed by atoms with van der Waals surface area (Å²) in [7, 11) is 0. The lowest BCUT2D eigenvalue weighted by Crippen LogP contribution is -2.36. The van der Waals surface area contributed by atoms with E-state index in [1.807, 2.05) is 0 Å². The van der Waals surface area contributed by atoms with E-state index in [9.17, 15) is 0 Å². The fourth-order valence-corrected chi connectivity index (χ4v) is 2.39. The molecule has 0 bridgehead atoms. The first-order valence-electron chi connectivity index (χ1n) is 7.62. The number of benzene rings is 1. The number of nitrogens with one attached hydrogen (secondary N) is 1. The molecule has 2 rings (SSSR count). The number of nitrogens with two attached hydrogens (primary N) is 1. The van der Waals surface area contributed by atoms with Gasteiger partial charge in [-0.3, -0.25) is 0 Å². The molecule has 1 aliphatic rings. The summed E-state index contributed by atoms with van der Waals surface area (Å²) in [6.07, 6.45) is 1.01. The molecular formula is C16H27N3O. The second-order valence-corrected chi connectivity index (χ2v) is 5.49. The zero-order valence-electron chi connectivity index (χ0n) is 12.6.